The van der Waals surface area contributed by atoms with E-state index in [4.69, 9.17) is 0 Å². The average Bonchev–Trinajstić information content (AvgIpc) is 3.16. The molecule has 0 amide bonds. The minimum atomic E-state index is -4.43. The van der Waals surface area contributed by atoms with E-state index in [1.807, 2.05) is 18.2 Å². The number of para-hydroxylation sites is 1. The molecule has 0 aliphatic rings. The highest BCUT2D eigenvalue weighted by Crippen LogP contribution is 2.29. The third-order valence-corrected chi connectivity index (χ3v) is 3.88. The summed E-state index contributed by atoms with van der Waals surface area (Å²) in [6.45, 7) is 0.343. The van der Waals surface area contributed by atoms with E-state index < -0.39 is 11.7 Å². The number of alkyl halides is 3. The fourth-order valence-corrected chi connectivity index (χ4v) is 2.69. The molecule has 4 aromatic rings. The van der Waals surface area contributed by atoms with E-state index in [-0.39, 0.29) is 5.95 Å². The molecule has 3 aromatic heterocycles. The monoisotopic (exact) mass is 347 g/mol. The van der Waals surface area contributed by atoms with E-state index in [2.05, 4.69) is 25.8 Å². The Balaban J connectivity index is 1.68. The number of aromatic nitrogens is 6. The first-order valence-corrected chi connectivity index (χ1v) is 7.36. The second kappa shape index (κ2) is 5.43. The summed E-state index contributed by atoms with van der Waals surface area (Å²) in [4.78, 5) is 0. The molecule has 0 radical (unpaired) electrons. The molecule has 4 rings (SSSR count). The number of fused-ring (bicyclic) bond motifs is 2. The predicted molar refractivity (Wildman–Crippen MR) is 83.8 cm³/mol. The van der Waals surface area contributed by atoms with Gasteiger partial charge in [0.05, 0.1) is 11.1 Å². The van der Waals surface area contributed by atoms with Gasteiger partial charge in [0.15, 0.2) is 5.65 Å². The largest absolute Gasteiger partial charge is 0.417 e. The highest BCUT2D eigenvalue weighted by atomic mass is 19.4. The number of rotatable bonds is 3. The van der Waals surface area contributed by atoms with Crippen LogP contribution >= 0.6 is 0 Å². The molecule has 0 saturated carbocycles. The van der Waals surface area contributed by atoms with Crippen molar-refractivity contribution in [2.24, 2.45) is 7.05 Å². The lowest BCUT2D eigenvalue weighted by atomic mass is 10.2. The molecule has 1 N–H and O–H groups in total. The van der Waals surface area contributed by atoms with E-state index in [0.717, 1.165) is 28.9 Å². The van der Waals surface area contributed by atoms with Crippen molar-refractivity contribution in [3.63, 3.8) is 0 Å². The molecule has 10 heteroatoms. The van der Waals surface area contributed by atoms with Gasteiger partial charge >= 0.3 is 6.18 Å². The van der Waals surface area contributed by atoms with Gasteiger partial charge in [-0.2, -0.15) is 13.2 Å². The summed E-state index contributed by atoms with van der Waals surface area (Å²) in [7, 11) is 1.78. The summed E-state index contributed by atoms with van der Waals surface area (Å²) in [5.74, 6) is 0.230. The lowest BCUT2D eigenvalue weighted by molar-refractivity contribution is -0.137. The Bertz CT molecular complexity index is 1060. The summed E-state index contributed by atoms with van der Waals surface area (Å²) in [5, 5.41) is 18.8. The maximum absolute atomic E-state index is 12.9. The van der Waals surface area contributed by atoms with E-state index >= 15 is 0 Å². The molecule has 7 nitrogen and oxygen atoms in total. The average molecular weight is 347 g/mol. The van der Waals surface area contributed by atoms with Crippen molar-refractivity contribution < 1.29 is 13.2 Å². The second-order valence-electron chi connectivity index (χ2n) is 5.52. The van der Waals surface area contributed by atoms with Gasteiger partial charge in [0.1, 0.15) is 5.52 Å². The van der Waals surface area contributed by atoms with Crippen LogP contribution in [0, 0.1) is 0 Å². The van der Waals surface area contributed by atoms with Gasteiger partial charge in [-0.25, -0.2) is 4.68 Å². The van der Waals surface area contributed by atoms with E-state index in [1.165, 1.54) is 10.5 Å². The van der Waals surface area contributed by atoms with Crippen LogP contribution in [0.3, 0.4) is 0 Å². The fraction of sp³-hybridized carbons (Fsp3) is 0.200. The number of nitrogens with zero attached hydrogens (tertiary/aromatic N) is 6. The quantitative estimate of drug-likeness (QED) is 0.617. The first-order valence-electron chi connectivity index (χ1n) is 7.36. The van der Waals surface area contributed by atoms with Crippen LogP contribution in [-0.4, -0.2) is 29.6 Å². The van der Waals surface area contributed by atoms with Crippen molar-refractivity contribution in [3.05, 3.63) is 47.7 Å². The second-order valence-corrected chi connectivity index (χ2v) is 5.52. The standard InChI is InChI=1S/C15H12F3N7/c1-24-13-9(3-2-4-11(13)20-23-24)7-19-14-22-21-12-6-5-10(8-25(12)14)15(16,17)18/h2-6,8H,7H2,1H3,(H,19,22). The molecule has 1 aromatic carbocycles. The molecule has 0 saturated heterocycles. The van der Waals surface area contributed by atoms with Gasteiger partial charge in [-0.15, -0.1) is 15.3 Å². The van der Waals surface area contributed by atoms with Crippen LogP contribution in [0.5, 0.6) is 0 Å². The van der Waals surface area contributed by atoms with Crippen LogP contribution < -0.4 is 5.32 Å². The molecule has 128 valence electrons. The molecule has 0 atom stereocenters. The van der Waals surface area contributed by atoms with Crippen LogP contribution in [0.4, 0.5) is 19.1 Å². The van der Waals surface area contributed by atoms with Gasteiger partial charge in [-0.05, 0) is 23.8 Å². The highest BCUT2D eigenvalue weighted by molar-refractivity contribution is 5.78. The van der Waals surface area contributed by atoms with Crippen LogP contribution in [0.25, 0.3) is 16.7 Å². The van der Waals surface area contributed by atoms with Crippen LogP contribution in [-0.2, 0) is 19.8 Å². The molecule has 0 unspecified atom stereocenters. The predicted octanol–water partition coefficient (Wildman–Crippen LogP) is 2.64. The highest BCUT2D eigenvalue weighted by Gasteiger charge is 2.31. The summed E-state index contributed by atoms with van der Waals surface area (Å²) < 4.78 is 41.6. The fourth-order valence-electron chi connectivity index (χ4n) is 2.69. The number of anilines is 1. The molecule has 0 aliphatic carbocycles. The number of hydrogen-bond donors (Lipinski definition) is 1. The maximum Gasteiger partial charge on any atom is 0.417 e. The van der Waals surface area contributed by atoms with Gasteiger partial charge in [0.2, 0.25) is 5.95 Å². The SMILES string of the molecule is Cn1nnc2cccc(CNc3nnc4ccc(C(F)(F)F)cn34)c21. The van der Waals surface area contributed by atoms with Gasteiger partial charge in [-0.1, -0.05) is 17.3 Å². The zero-order valence-corrected chi connectivity index (χ0v) is 13.0. The smallest absolute Gasteiger partial charge is 0.350 e. The van der Waals surface area contributed by atoms with Gasteiger partial charge in [0.25, 0.3) is 0 Å². The maximum atomic E-state index is 12.9. The van der Waals surface area contributed by atoms with Crippen LogP contribution in [0.15, 0.2) is 36.5 Å². The summed E-state index contributed by atoms with van der Waals surface area (Å²) in [6, 6.07) is 7.84. The summed E-state index contributed by atoms with van der Waals surface area (Å²) >= 11 is 0. The van der Waals surface area contributed by atoms with Gasteiger partial charge in [-0.3, -0.25) is 4.40 Å². The number of aryl methyl sites for hydroxylation is 1. The molecular weight excluding hydrogens is 335 g/mol. The van der Waals surface area contributed by atoms with Crippen molar-refractivity contribution >= 4 is 22.6 Å². The minimum Gasteiger partial charge on any atom is -0.350 e. The van der Waals surface area contributed by atoms with Crippen molar-refractivity contribution in [2.75, 3.05) is 5.32 Å². The van der Waals surface area contributed by atoms with E-state index in [1.54, 1.807) is 11.7 Å². The molecule has 25 heavy (non-hydrogen) atoms. The Hall–Kier alpha value is -3.17. The van der Waals surface area contributed by atoms with E-state index in [9.17, 15) is 13.2 Å². The number of nitrogens with one attached hydrogen (secondary N) is 1. The zero-order valence-electron chi connectivity index (χ0n) is 13.0. The molecule has 0 spiro atoms. The summed E-state index contributed by atoms with van der Waals surface area (Å²) in [5.41, 5.74) is 2.05. The molecule has 0 bridgehead atoms. The molecule has 0 fully saturated rings. The lowest BCUT2D eigenvalue weighted by Gasteiger charge is -2.09. The van der Waals surface area contributed by atoms with Crippen LogP contribution in [0.2, 0.25) is 0 Å². The van der Waals surface area contributed by atoms with Gasteiger partial charge in [0, 0.05) is 19.8 Å². The topological polar surface area (TPSA) is 72.9 Å². The number of pyridine rings is 1. The molecular formula is C15H12F3N7. The number of hydrogen-bond acceptors (Lipinski definition) is 5. The Morgan fingerprint density at radius 2 is 1.92 bits per heavy atom. The Labute approximate surface area is 139 Å². The number of halogens is 3. The Morgan fingerprint density at radius 1 is 1.08 bits per heavy atom. The zero-order chi connectivity index (χ0) is 17.6. The third kappa shape index (κ3) is 2.65. The third-order valence-electron chi connectivity index (χ3n) is 3.88. The van der Waals surface area contributed by atoms with Crippen LogP contribution in [0.1, 0.15) is 11.1 Å². The molecule has 0 aliphatic heterocycles. The van der Waals surface area contributed by atoms with Gasteiger partial charge < -0.3 is 5.32 Å². The first-order chi connectivity index (χ1) is 11.9. The summed E-state index contributed by atoms with van der Waals surface area (Å²) in [6.07, 6.45) is -3.45. The van der Waals surface area contributed by atoms with Crippen molar-refractivity contribution in [1.29, 1.82) is 0 Å². The number of benzene rings is 1. The van der Waals surface area contributed by atoms with Crippen molar-refractivity contribution in [3.8, 4) is 0 Å². The van der Waals surface area contributed by atoms with Crippen molar-refractivity contribution in [2.45, 2.75) is 12.7 Å². The lowest BCUT2D eigenvalue weighted by Crippen LogP contribution is -2.08. The van der Waals surface area contributed by atoms with E-state index in [0.29, 0.717) is 12.2 Å². The first kappa shape index (κ1) is 15.4. The molecule has 3 heterocycles. The Morgan fingerprint density at radius 3 is 2.72 bits per heavy atom. The van der Waals surface area contributed by atoms with Crippen molar-refractivity contribution in [1.82, 2.24) is 29.6 Å². The Kier molecular flexibility index (Phi) is 3.34. The normalized spacial score (nSPS) is 12.2. The minimum absolute atomic E-state index is 0.230.